The number of carbonyl (C=O) groups excluding carboxylic acids is 1. The fraction of sp³-hybridized carbons (Fsp3) is 0.306. The Labute approximate surface area is 260 Å². The zero-order valence-corrected chi connectivity index (χ0v) is 26.5. The molecule has 0 N–H and O–H groups in total. The molecule has 0 aliphatic carbocycles. The van der Waals surface area contributed by atoms with Crippen LogP contribution in [0.3, 0.4) is 0 Å². The SMILES string of the molecule is CCc1ccc(C2CC3[C@@H](CN2Sc2ccc(C)cc2)C(=O)CC(c2ccccc2)N3S(=O)(=O)c2ccc(C)cc2)cc1. The Morgan fingerprint density at radius 1 is 0.767 bits per heavy atom. The number of rotatable bonds is 7. The van der Waals surface area contributed by atoms with Crippen LogP contribution in [0.1, 0.15) is 59.7 Å². The minimum absolute atomic E-state index is 0.0727. The highest BCUT2D eigenvalue weighted by Crippen LogP contribution is 2.49. The summed E-state index contributed by atoms with van der Waals surface area (Å²) >= 11 is 1.66. The van der Waals surface area contributed by atoms with E-state index in [1.165, 1.54) is 11.1 Å². The van der Waals surface area contributed by atoms with E-state index in [2.05, 4.69) is 66.7 Å². The lowest BCUT2D eigenvalue weighted by atomic mass is 9.77. The van der Waals surface area contributed by atoms with E-state index in [4.69, 9.17) is 0 Å². The Bertz CT molecular complexity index is 1670. The summed E-state index contributed by atoms with van der Waals surface area (Å²) in [5.41, 5.74) is 5.45. The van der Waals surface area contributed by atoms with Gasteiger partial charge in [-0.2, -0.15) is 4.31 Å². The van der Waals surface area contributed by atoms with Crippen molar-refractivity contribution in [2.75, 3.05) is 6.54 Å². The number of aryl methyl sites for hydroxylation is 3. The van der Waals surface area contributed by atoms with E-state index >= 15 is 0 Å². The molecule has 2 heterocycles. The summed E-state index contributed by atoms with van der Waals surface area (Å²) in [6.45, 7) is 6.65. The molecule has 0 aromatic heterocycles. The number of ketones is 1. The summed E-state index contributed by atoms with van der Waals surface area (Å²) in [6, 6.07) is 32.7. The third-order valence-corrected chi connectivity index (χ3v) is 12.0. The van der Waals surface area contributed by atoms with Crippen LogP contribution in [-0.4, -0.2) is 35.4 Å². The third-order valence-electron chi connectivity index (χ3n) is 8.89. The Balaban J connectivity index is 1.45. The van der Waals surface area contributed by atoms with Crippen molar-refractivity contribution in [3.63, 3.8) is 0 Å². The lowest BCUT2D eigenvalue weighted by molar-refractivity contribution is -0.131. The molecule has 2 fully saturated rings. The van der Waals surface area contributed by atoms with Gasteiger partial charge >= 0.3 is 0 Å². The minimum atomic E-state index is -3.91. The molecular weight excluding hydrogens is 573 g/mol. The van der Waals surface area contributed by atoms with Crippen LogP contribution in [0.15, 0.2) is 113 Å². The van der Waals surface area contributed by atoms with Crippen LogP contribution >= 0.6 is 11.9 Å². The molecule has 2 aliphatic rings. The summed E-state index contributed by atoms with van der Waals surface area (Å²) in [4.78, 5) is 15.4. The summed E-state index contributed by atoms with van der Waals surface area (Å²) in [5.74, 6) is -0.298. The van der Waals surface area contributed by atoms with Gasteiger partial charge in [-0.05, 0) is 79.6 Å². The van der Waals surface area contributed by atoms with E-state index in [9.17, 15) is 13.2 Å². The minimum Gasteiger partial charge on any atom is -0.299 e. The molecule has 43 heavy (non-hydrogen) atoms. The fourth-order valence-corrected chi connectivity index (χ4v) is 9.39. The van der Waals surface area contributed by atoms with E-state index in [0.717, 1.165) is 28.0 Å². The van der Waals surface area contributed by atoms with E-state index in [1.807, 2.05) is 49.4 Å². The van der Waals surface area contributed by atoms with Crippen molar-refractivity contribution in [2.45, 2.75) is 68.0 Å². The quantitative estimate of drug-likeness (QED) is 0.201. The van der Waals surface area contributed by atoms with Crippen LogP contribution in [0.25, 0.3) is 0 Å². The molecule has 2 aliphatic heterocycles. The van der Waals surface area contributed by atoms with Crippen LogP contribution in [0.2, 0.25) is 0 Å². The van der Waals surface area contributed by atoms with Gasteiger partial charge in [0.15, 0.2) is 0 Å². The van der Waals surface area contributed by atoms with Gasteiger partial charge < -0.3 is 0 Å². The molecule has 0 bridgehead atoms. The van der Waals surface area contributed by atoms with Crippen molar-refractivity contribution >= 4 is 27.8 Å². The lowest BCUT2D eigenvalue weighted by Crippen LogP contribution is -2.59. The summed E-state index contributed by atoms with van der Waals surface area (Å²) in [6.07, 6.45) is 1.64. The van der Waals surface area contributed by atoms with Crippen LogP contribution in [-0.2, 0) is 21.2 Å². The maximum absolute atomic E-state index is 14.6. The molecule has 0 saturated carbocycles. The van der Waals surface area contributed by atoms with Gasteiger partial charge in [0.05, 0.1) is 10.9 Å². The number of benzene rings is 4. The molecule has 4 aromatic rings. The van der Waals surface area contributed by atoms with Crippen LogP contribution in [0, 0.1) is 19.8 Å². The Kier molecular flexibility index (Phi) is 8.60. The molecule has 5 nitrogen and oxygen atoms in total. The van der Waals surface area contributed by atoms with Crippen molar-refractivity contribution in [2.24, 2.45) is 5.92 Å². The molecule has 0 radical (unpaired) electrons. The molecule has 0 spiro atoms. The predicted octanol–water partition coefficient (Wildman–Crippen LogP) is 7.71. The normalized spacial score (nSPS) is 23.2. The second-order valence-corrected chi connectivity index (χ2v) is 14.7. The molecule has 3 unspecified atom stereocenters. The predicted molar refractivity (Wildman–Crippen MR) is 173 cm³/mol. The molecule has 222 valence electrons. The molecule has 4 aromatic carbocycles. The summed E-state index contributed by atoms with van der Waals surface area (Å²) < 4.78 is 33.1. The number of sulfonamides is 1. The number of fused-ring (bicyclic) bond motifs is 1. The smallest absolute Gasteiger partial charge is 0.243 e. The van der Waals surface area contributed by atoms with Crippen molar-refractivity contribution in [3.8, 4) is 0 Å². The molecule has 6 rings (SSSR count). The maximum atomic E-state index is 14.6. The van der Waals surface area contributed by atoms with Crippen LogP contribution < -0.4 is 0 Å². The summed E-state index contributed by atoms with van der Waals surface area (Å²) in [5, 5.41) is 0. The highest BCUT2D eigenvalue weighted by atomic mass is 32.2. The zero-order valence-electron chi connectivity index (χ0n) is 24.9. The van der Waals surface area contributed by atoms with E-state index < -0.39 is 28.0 Å². The first kappa shape index (κ1) is 29.8. The van der Waals surface area contributed by atoms with Gasteiger partial charge in [0.1, 0.15) is 5.78 Å². The van der Waals surface area contributed by atoms with Crippen molar-refractivity contribution < 1.29 is 13.2 Å². The van der Waals surface area contributed by atoms with Gasteiger partial charge in [-0.25, -0.2) is 12.7 Å². The van der Waals surface area contributed by atoms with Crippen molar-refractivity contribution in [3.05, 3.63) is 131 Å². The summed E-state index contributed by atoms with van der Waals surface area (Å²) in [7, 11) is -3.91. The maximum Gasteiger partial charge on any atom is 0.243 e. The first-order valence-electron chi connectivity index (χ1n) is 15.0. The Hall–Kier alpha value is -3.23. The zero-order chi connectivity index (χ0) is 30.1. The molecule has 7 heteroatoms. The number of carbonyl (C=O) groups is 1. The Morgan fingerprint density at radius 3 is 2.00 bits per heavy atom. The second kappa shape index (κ2) is 12.4. The lowest BCUT2D eigenvalue weighted by Gasteiger charge is -2.51. The molecular formula is C36H38N2O3S2. The van der Waals surface area contributed by atoms with Crippen molar-refractivity contribution in [1.82, 2.24) is 8.61 Å². The van der Waals surface area contributed by atoms with E-state index in [0.29, 0.717) is 13.0 Å². The Morgan fingerprint density at radius 2 is 1.37 bits per heavy atom. The molecule has 0 amide bonds. The van der Waals surface area contributed by atoms with Gasteiger partial charge in [-0.3, -0.25) is 4.79 Å². The molecule has 2 saturated heterocycles. The first-order valence-corrected chi connectivity index (χ1v) is 17.2. The number of hydrogen-bond donors (Lipinski definition) is 0. The monoisotopic (exact) mass is 610 g/mol. The third kappa shape index (κ3) is 6.09. The van der Waals surface area contributed by atoms with Gasteiger partial charge in [0.2, 0.25) is 10.0 Å². The van der Waals surface area contributed by atoms with E-state index in [-0.39, 0.29) is 23.1 Å². The second-order valence-electron chi connectivity index (χ2n) is 11.8. The van der Waals surface area contributed by atoms with Gasteiger partial charge in [-0.1, -0.05) is 96.9 Å². The van der Waals surface area contributed by atoms with Crippen molar-refractivity contribution in [1.29, 1.82) is 0 Å². The van der Waals surface area contributed by atoms with Crippen LogP contribution in [0.5, 0.6) is 0 Å². The topological polar surface area (TPSA) is 57.7 Å². The first-order chi connectivity index (χ1) is 20.7. The number of piperidine rings is 2. The van der Waals surface area contributed by atoms with E-state index in [1.54, 1.807) is 28.4 Å². The average Bonchev–Trinajstić information content (AvgIpc) is 3.02. The van der Waals surface area contributed by atoms with Gasteiger partial charge in [-0.15, -0.1) is 0 Å². The largest absolute Gasteiger partial charge is 0.299 e. The van der Waals surface area contributed by atoms with Gasteiger partial charge in [0.25, 0.3) is 0 Å². The number of hydrogen-bond acceptors (Lipinski definition) is 5. The fourth-order valence-electron chi connectivity index (χ4n) is 6.44. The standard InChI is InChI=1S/C36H38N2O3S2/c1-4-27-14-16-29(17-15-27)33-22-35-32(24-37(33)42-30-18-10-25(2)11-19-30)36(39)23-34(28-8-6-5-7-9-28)38(35)43(40,41)31-20-12-26(3)13-21-31/h5-21,32-35H,4,22-24H2,1-3H3/t32-,33?,34?,35?/m1/s1. The number of Topliss-reactive ketones (excluding diaryl/α,β-unsaturated/α-hetero) is 1. The van der Waals surface area contributed by atoms with Gasteiger partial charge in [0, 0.05) is 35.9 Å². The average molecular weight is 611 g/mol. The highest BCUT2D eigenvalue weighted by molar-refractivity contribution is 7.97. The molecule has 4 atom stereocenters. The number of nitrogens with zero attached hydrogens (tertiary/aromatic N) is 2. The van der Waals surface area contributed by atoms with Crippen LogP contribution in [0.4, 0.5) is 0 Å². The highest BCUT2D eigenvalue weighted by Gasteiger charge is 2.52.